The van der Waals surface area contributed by atoms with Crippen molar-refractivity contribution in [3.63, 3.8) is 0 Å². The van der Waals surface area contributed by atoms with Gasteiger partial charge in [0.25, 0.3) is 5.91 Å². The lowest BCUT2D eigenvalue weighted by Gasteiger charge is -2.22. The van der Waals surface area contributed by atoms with Gasteiger partial charge in [-0.05, 0) is 37.6 Å². The van der Waals surface area contributed by atoms with Gasteiger partial charge in [-0.25, -0.2) is 0 Å². The molecule has 4 nitrogen and oxygen atoms in total. The Morgan fingerprint density at radius 2 is 1.96 bits per heavy atom. The predicted molar refractivity (Wildman–Crippen MR) is 95.7 cm³/mol. The van der Waals surface area contributed by atoms with Crippen LogP contribution in [0.1, 0.15) is 31.9 Å². The van der Waals surface area contributed by atoms with E-state index in [9.17, 15) is 4.79 Å². The van der Waals surface area contributed by atoms with Gasteiger partial charge in [0, 0.05) is 10.6 Å². The van der Waals surface area contributed by atoms with Crippen LogP contribution in [0.25, 0.3) is 0 Å². The number of carbonyl (C=O) groups is 1. The molecule has 2 aromatic carbocycles. The summed E-state index contributed by atoms with van der Waals surface area (Å²) in [4.78, 5) is 12.5. The topological polar surface area (TPSA) is 47.6 Å². The first-order chi connectivity index (χ1) is 11.5. The van der Waals surface area contributed by atoms with Crippen molar-refractivity contribution in [2.24, 2.45) is 0 Å². The second-order valence-corrected chi connectivity index (χ2v) is 5.88. The zero-order chi connectivity index (χ0) is 17.5. The van der Waals surface area contributed by atoms with E-state index in [0.717, 1.165) is 11.3 Å². The van der Waals surface area contributed by atoms with Crippen LogP contribution in [-0.2, 0) is 4.79 Å². The molecule has 0 aliphatic carbocycles. The Balaban J connectivity index is 2.06. The molecule has 0 aliphatic heterocycles. The Kier molecular flexibility index (Phi) is 6.50. The molecule has 2 aromatic rings. The molecule has 128 valence electrons. The largest absolute Gasteiger partial charge is 0.496 e. The van der Waals surface area contributed by atoms with Crippen LogP contribution in [0.4, 0.5) is 0 Å². The van der Waals surface area contributed by atoms with Crippen LogP contribution in [0.5, 0.6) is 11.5 Å². The first-order valence-electron chi connectivity index (χ1n) is 7.90. The minimum absolute atomic E-state index is 0.170. The molecule has 0 radical (unpaired) electrons. The van der Waals surface area contributed by atoms with E-state index in [-0.39, 0.29) is 11.9 Å². The van der Waals surface area contributed by atoms with Gasteiger partial charge in [0.1, 0.15) is 11.5 Å². The Hall–Kier alpha value is -2.20. The standard InChI is InChI=1S/C19H22ClNO3/c1-4-17(24-15-9-7-8-14(20)12-15)19(22)21-13(2)16-10-5-6-11-18(16)23-3/h5-13,17H,4H2,1-3H3,(H,21,22)/t13-,17-/m1/s1. The number of rotatable bonds is 7. The van der Waals surface area contributed by atoms with Crippen LogP contribution in [0, 0.1) is 0 Å². The molecular formula is C19H22ClNO3. The molecule has 0 heterocycles. The molecular weight excluding hydrogens is 326 g/mol. The predicted octanol–water partition coefficient (Wildman–Crippen LogP) is 4.38. The van der Waals surface area contributed by atoms with Crippen molar-refractivity contribution in [2.75, 3.05) is 7.11 Å². The Morgan fingerprint density at radius 3 is 2.62 bits per heavy atom. The van der Waals surface area contributed by atoms with E-state index in [0.29, 0.717) is 17.2 Å². The van der Waals surface area contributed by atoms with Gasteiger partial charge in [0.2, 0.25) is 0 Å². The first-order valence-corrected chi connectivity index (χ1v) is 8.28. The van der Waals surface area contributed by atoms with Crippen molar-refractivity contribution >= 4 is 17.5 Å². The highest BCUT2D eigenvalue weighted by Crippen LogP contribution is 2.25. The van der Waals surface area contributed by atoms with E-state index in [1.54, 1.807) is 31.4 Å². The van der Waals surface area contributed by atoms with Crippen molar-refractivity contribution in [3.05, 3.63) is 59.1 Å². The van der Waals surface area contributed by atoms with Gasteiger partial charge in [-0.2, -0.15) is 0 Å². The molecule has 0 saturated heterocycles. The minimum Gasteiger partial charge on any atom is -0.496 e. The van der Waals surface area contributed by atoms with Crippen molar-refractivity contribution < 1.29 is 14.3 Å². The fourth-order valence-electron chi connectivity index (χ4n) is 2.44. The van der Waals surface area contributed by atoms with Crippen LogP contribution in [0.3, 0.4) is 0 Å². The van der Waals surface area contributed by atoms with Crippen molar-refractivity contribution in [3.8, 4) is 11.5 Å². The molecule has 1 N–H and O–H groups in total. The monoisotopic (exact) mass is 347 g/mol. The summed E-state index contributed by atoms with van der Waals surface area (Å²) in [5.41, 5.74) is 0.922. The van der Waals surface area contributed by atoms with Crippen LogP contribution in [0.2, 0.25) is 5.02 Å². The van der Waals surface area contributed by atoms with Crippen molar-refractivity contribution in [1.82, 2.24) is 5.32 Å². The smallest absolute Gasteiger partial charge is 0.261 e. The summed E-state index contributed by atoms with van der Waals surface area (Å²) in [7, 11) is 1.62. The summed E-state index contributed by atoms with van der Waals surface area (Å²) >= 11 is 5.95. The van der Waals surface area contributed by atoms with E-state index in [1.807, 2.05) is 38.1 Å². The van der Waals surface area contributed by atoms with E-state index in [1.165, 1.54) is 0 Å². The number of benzene rings is 2. The lowest BCUT2D eigenvalue weighted by atomic mass is 10.1. The molecule has 5 heteroatoms. The van der Waals surface area contributed by atoms with E-state index in [2.05, 4.69) is 5.32 Å². The number of para-hydroxylation sites is 1. The number of nitrogens with one attached hydrogen (secondary N) is 1. The second kappa shape index (κ2) is 8.60. The normalized spacial score (nSPS) is 13.0. The SMILES string of the molecule is CC[C@@H](Oc1cccc(Cl)c1)C(=O)N[C@H](C)c1ccccc1OC. The third kappa shape index (κ3) is 4.65. The van der Waals surface area contributed by atoms with Gasteiger partial charge >= 0.3 is 0 Å². The zero-order valence-corrected chi connectivity index (χ0v) is 14.8. The maximum Gasteiger partial charge on any atom is 0.261 e. The third-order valence-electron chi connectivity index (χ3n) is 3.70. The molecule has 0 spiro atoms. The number of carbonyl (C=O) groups excluding carboxylic acids is 1. The summed E-state index contributed by atoms with van der Waals surface area (Å²) in [6.07, 6.45) is -0.0302. The Labute approximate surface area is 147 Å². The first kappa shape index (κ1) is 18.1. The summed E-state index contributed by atoms with van der Waals surface area (Å²) < 4.78 is 11.1. The van der Waals surface area contributed by atoms with Crippen LogP contribution >= 0.6 is 11.6 Å². The average molecular weight is 348 g/mol. The summed E-state index contributed by atoms with van der Waals surface area (Å²) in [5, 5.41) is 3.55. The number of methoxy groups -OCH3 is 1. The molecule has 2 rings (SSSR count). The number of amides is 1. The number of halogens is 1. The van der Waals surface area contributed by atoms with Gasteiger partial charge in [-0.15, -0.1) is 0 Å². The van der Waals surface area contributed by atoms with Gasteiger partial charge < -0.3 is 14.8 Å². The second-order valence-electron chi connectivity index (χ2n) is 5.44. The maximum atomic E-state index is 12.5. The summed E-state index contributed by atoms with van der Waals surface area (Å²) in [6, 6.07) is 14.5. The molecule has 24 heavy (non-hydrogen) atoms. The van der Waals surface area contributed by atoms with E-state index >= 15 is 0 Å². The van der Waals surface area contributed by atoms with Gasteiger partial charge in [-0.3, -0.25) is 4.79 Å². The fourth-order valence-corrected chi connectivity index (χ4v) is 2.62. The molecule has 0 aliphatic rings. The number of hydrogen-bond donors (Lipinski definition) is 1. The lowest BCUT2D eigenvalue weighted by Crippen LogP contribution is -2.39. The van der Waals surface area contributed by atoms with Crippen LogP contribution in [-0.4, -0.2) is 19.1 Å². The molecule has 0 bridgehead atoms. The Morgan fingerprint density at radius 1 is 1.21 bits per heavy atom. The van der Waals surface area contributed by atoms with Crippen LogP contribution < -0.4 is 14.8 Å². The van der Waals surface area contributed by atoms with Gasteiger partial charge in [-0.1, -0.05) is 42.8 Å². The fraction of sp³-hybridized carbons (Fsp3) is 0.316. The van der Waals surface area contributed by atoms with Gasteiger partial charge in [0.05, 0.1) is 13.2 Å². The Bertz CT molecular complexity index is 690. The highest BCUT2D eigenvalue weighted by Gasteiger charge is 2.22. The third-order valence-corrected chi connectivity index (χ3v) is 3.94. The maximum absolute atomic E-state index is 12.5. The summed E-state index contributed by atoms with van der Waals surface area (Å²) in [6.45, 7) is 3.82. The van der Waals surface area contributed by atoms with Crippen LogP contribution in [0.15, 0.2) is 48.5 Å². The quantitative estimate of drug-likeness (QED) is 0.808. The summed E-state index contributed by atoms with van der Waals surface area (Å²) in [5.74, 6) is 1.15. The number of hydrogen-bond acceptors (Lipinski definition) is 3. The molecule has 0 saturated carbocycles. The lowest BCUT2D eigenvalue weighted by molar-refractivity contribution is -0.128. The van der Waals surface area contributed by atoms with E-state index in [4.69, 9.17) is 21.1 Å². The van der Waals surface area contributed by atoms with Crippen molar-refractivity contribution in [2.45, 2.75) is 32.4 Å². The van der Waals surface area contributed by atoms with Crippen molar-refractivity contribution in [1.29, 1.82) is 0 Å². The average Bonchev–Trinajstić information content (AvgIpc) is 2.59. The molecule has 0 fully saturated rings. The molecule has 0 unspecified atom stereocenters. The number of ether oxygens (including phenoxy) is 2. The minimum atomic E-state index is -0.583. The highest BCUT2D eigenvalue weighted by molar-refractivity contribution is 6.30. The van der Waals surface area contributed by atoms with E-state index < -0.39 is 6.10 Å². The molecule has 2 atom stereocenters. The van der Waals surface area contributed by atoms with Gasteiger partial charge in [0.15, 0.2) is 6.10 Å². The molecule has 0 aromatic heterocycles. The zero-order valence-electron chi connectivity index (χ0n) is 14.1. The highest BCUT2D eigenvalue weighted by atomic mass is 35.5. The molecule has 1 amide bonds.